The summed E-state index contributed by atoms with van der Waals surface area (Å²) in [6.07, 6.45) is 2.98. The van der Waals surface area contributed by atoms with Crippen LogP contribution in [-0.4, -0.2) is 15.5 Å². The molecule has 18 heavy (non-hydrogen) atoms. The standard InChI is InChI=1S/C13H11N3O2/c1-8-2-3-9-7-11(18-10(9)6-8)12(17)16-5-4-15-13(16)14/h2-7H,1H3,(H2,14,15). The van der Waals surface area contributed by atoms with Gasteiger partial charge in [-0.3, -0.25) is 4.79 Å². The summed E-state index contributed by atoms with van der Waals surface area (Å²) in [5, 5.41) is 0.891. The zero-order valence-corrected chi connectivity index (χ0v) is 9.75. The first kappa shape index (κ1) is 10.6. The number of nitrogen functional groups attached to an aromatic ring is 1. The van der Waals surface area contributed by atoms with Crippen molar-refractivity contribution in [3.8, 4) is 0 Å². The number of hydrogen-bond donors (Lipinski definition) is 1. The van der Waals surface area contributed by atoms with E-state index in [1.807, 2.05) is 25.1 Å². The molecule has 2 aromatic heterocycles. The Morgan fingerprint density at radius 2 is 2.22 bits per heavy atom. The average Bonchev–Trinajstić information content (AvgIpc) is 2.93. The number of nitrogens with two attached hydrogens (primary N) is 1. The van der Waals surface area contributed by atoms with E-state index in [1.54, 1.807) is 6.07 Å². The molecule has 0 fully saturated rings. The number of hydrogen-bond acceptors (Lipinski definition) is 4. The first-order valence-electron chi connectivity index (χ1n) is 5.49. The lowest BCUT2D eigenvalue weighted by Crippen LogP contribution is -2.12. The van der Waals surface area contributed by atoms with Gasteiger partial charge in [-0.25, -0.2) is 9.55 Å². The Labute approximate surface area is 103 Å². The molecule has 2 N–H and O–H groups in total. The largest absolute Gasteiger partial charge is 0.451 e. The van der Waals surface area contributed by atoms with Gasteiger partial charge >= 0.3 is 0 Å². The Morgan fingerprint density at radius 3 is 2.94 bits per heavy atom. The molecular formula is C13H11N3O2. The van der Waals surface area contributed by atoms with Gasteiger partial charge in [0.05, 0.1) is 0 Å². The predicted molar refractivity (Wildman–Crippen MR) is 67.3 cm³/mol. The number of fused-ring (bicyclic) bond motifs is 1. The van der Waals surface area contributed by atoms with Crippen LogP contribution in [0.25, 0.3) is 11.0 Å². The van der Waals surface area contributed by atoms with Crippen LogP contribution < -0.4 is 5.73 Å². The molecule has 0 spiro atoms. The minimum absolute atomic E-state index is 0.150. The fraction of sp³-hybridized carbons (Fsp3) is 0.0769. The van der Waals surface area contributed by atoms with Gasteiger partial charge in [-0.05, 0) is 24.6 Å². The van der Waals surface area contributed by atoms with E-state index in [1.165, 1.54) is 17.0 Å². The molecule has 5 heteroatoms. The van der Waals surface area contributed by atoms with Gasteiger partial charge in [-0.1, -0.05) is 12.1 Å². The minimum Gasteiger partial charge on any atom is -0.451 e. The molecule has 90 valence electrons. The van der Waals surface area contributed by atoms with Crippen LogP contribution in [0.5, 0.6) is 0 Å². The van der Waals surface area contributed by atoms with Crippen molar-refractivity contribution in [2.75, 3.05) is 5.73 Å². The molecule has 0 aliphatic carbocycles. The number of nitrogens with zero attached hydrogens (tertiary/aromatic N) is 2. The summed E-state index contributed by atoms with van der Waals surface area (Å²) in [6.45, 7) is 1.97. The first-order chi connectivity index (χ1) is 8.65. The number of rotatable bonds is 1. The van der Waals surface area contributed by atoms with Gasteiger partial charge in [0.15, 0.2) is 5.76 Å². The quantitative estimate of drug-likeness (QED) is 0.708. The second kappa shape index (κ2) is 3.73. The number of benzene rings is 1. The van der Waals surface area contributed by atoms with Crippen molar-refractivity contribution < 1.29 is 9.21 Å². The van der Waals surface area contributed by atoms with Gasteiger partial charge in [0, 0.05) is 17.8 Å². The van der Waals surface area contributed by atoms with Gasteiger partial charge in [0.1, 0.15) is 5.58 Å². The lowest BCUT2D eigenvalue weighted by Gasteiger charge is -1.98. The second-order valence-electron chi connectivity index (χ2n) is 4.11. The summed E-state index contributed by atoms with van der Waals surface area (Å²) in [4.78, 5) is 15.9. The molecule has 0 saturated carbocycles. The third-order valence-corrected chi connectivity index (χ3v) is 2.77. The van der Waals surface area contributed by atoms with E-state index in [0.717, 1.165) is 10.9 Å². The van der Waals surface area contributed by atoms with E-state index in [4.69, 9.17) is 10.2 Å². The molecule has 0 unspecified atom stereocenters. The third kappa shape index (κ3) is 1.57. The molecule has 0 saturated heterocycles. The number of imidazole rings is 1. The van der Waals surface area contributed by atoms with Crippen LogP contribution in [0.1, 0.15) is 16.1 Å². The van der Waals surface area contributed by atoms with Crippen molar-refractivity contribution in [2.24, 2.45) is 0 Å². The van der Waals surface area contributed by atoms with Gasteiger partial charge in [0.25, 0.3) is 5.91 Å². The molecule has 3 aromatic rings. The van der Waals surface area contributed by atoms with Gasteiger partial charge < -0.3 is 10.2 Å². The normalized spacial score (nSPS) is 10.9. The maximum Gasteiger partial charge on any atom is 0.300 e. The maximum atomic E-state index is 12.1. The number of aryl methyl sites for hydroxylation is 1. The number of carbonyl (C=O) groups is 1. The molecule has 0 radical (unpaired) electrons. The SMILES string of the molecule is Cc1ccc2cc(C(=O)n3ccnc3N)oc2c1. The molecule has 0 aliphatic rings. The van der Waals surface area contributed by atoms with E-state index >= 15 is 0 Å². The molecule has 0 amide bonds. The fourth-order valence-corrected chi connectivity index (χ4v) is 1.85. The second-order valence-corrected chi connectivity index (χ2v) is 4.11. The van der Waals surface area contributed by atoms with E-state index in [9.17, 15) is 4.79 Å². The Balaban J connectivity index is 2.10. The van der Waals surface area contributed by atoms with Crippen LogP contribution in [0, 0.1) is 6.92 Å². The topological polar surface area (TPSA) is 74.0 Å². The minimum atomic E-state index is -0.321. The maximum absolute atomic E-state index is 12.1. The van der Waals surface area contributed by atoms with Crippen molar-refractivity contribution in [1.82, 2.24) is 9.55 Å². The van der Waals surface area contributed by atoms with E-state index < -0.39 is 0 Å². The summed E-state index contributed by atoms with van der Waals surface area (Å²) < 4.78 is 6.79. The Bertz CT molecular complexity index is 740. The van der Waals surface area contributed by atoms with E-state index in [0.29, 0.717) is 5.58 Å². The summed E-state index contributed by atoms with van der Waals surface area (Å²) in [6, 6.07) is 7.49. The Morgan fingerprint density at radius 1 is 1.39 bits per heavy atom. The molecule has 0 atom stereocenters. The van der Waals surface area contributed by atoms with Crippen LogP contribution in [-0.2, 0) is 0 Å². The zero-order valence-electron chi connectivity index (χ0n) is 9.75. The van der Waals surface area contributed by atoms with Crippen molar-refractivity contribution in [3.63, 3.8) is 0 Å². The third-order valence-electron chi connectivity index (χ3n) is 2.77. The fourth-order valence-electron chi connectivity index (χ4n) is 1.85. The molecule has 2 heterocycles. The monoisotopic (exact) mass is 241 g/mol. The van der Waals surface area contributed by atoms with Crippen LogP contribution in [0.15, 0.2) is 41.1 Å². The highest BCUT2D eigenvalue weighted by atomic mass is 16.3. The van der Waals surface area contributed by atoms with E-state index in [-0.39, 0.29) is 17.6 Å². The highest BCUT2D eigenvalue weighted by Gasteiger charge is 2.16. The van der Waals surface area contributed by atoms with Crippen molar-refractivity contribution in [3.05, 3.63) is 48.0 Å². The molecule has 1 aromatic carbocycles. The van der Waals surface area contributed by atoms with E-state index in [2.05, 4.69) is 4.98 Å². The van der Waals surface area contributed by atoms with Crippen LogP contribution in [0.3, 0.4) is 0 Å². The van der Waals surface area contributed by atoms with Crippen molar-refractivity contribution in [2.45, 2.75) is 6.92 Å². The average molecular weight is 241 g/mol. The van der Waals surface area contributed by atoms with Crippen molar-refractivity contribution >= 4 is 22.8 Å². The highest BCUT2D eigenvalue weighted by molar-refractivity contribution is 5.98. The summed E-state index contributed by atoms with van der Waals surface area (Å²) in [5.74, 6) is 0.0794. The van der Waals surface area contributed by atoms with Crippen LogP contribution >= 0.6 is 0 Å². The highest BCUT2D eigenvalue weighted by Crippen LogP contribution is 2.21. The summed E-state index contributed by atoms with van der Waals surface area (Å²) in [7, 11) is 0. The molecule has 0 aliphatic heterocycles. The van der Waals surface area contributed by atoms with Crippen LogP contribution in [0.2, 0.25) is 0 Å². The number of aromatic nitrogens is 2. The smallest absolute Gasteiger partial charge is 0.300 e. The molecule has 5 nitrogen and oxygen atoms in total. The predicted octanol–water partition coefficient (Wildman–Crippen LogP) is 2.21. The number of anilines is 1. The molecule has 3 rings (SSSR count). The molecule has 0 bridgehead atoms. The lowest BCUT2D eigenvalue weighted by molar-refractivity contribution is 0.0937. The Kier molecular flexibility index (Phi) is 2.19. The zero-order chi connectivity index (χ0) is 12.7. The Hall–Kier alpha value is -2.56. The van der Waals surface area contributed by atoms with Gasteiger partial charge in [-0.15, -0.1) is 0 Å². The summed E-state index contributed by atoms with van der Waals surface area (Å²) in [5.41, 5.74) is 7.36. The van der Waals surface area contributed by atoms with Crippen LogP contribution in [0.4, 0.5) is 5.95 Å². The summed E-state index contributed by atoms with van der Waals surface area (Å²) >= 11 is 0. The molecular weight excluding hydrogens is 230 g/mol. The first-order valence-corrected chi connectivity index (χ1v) is 5.49. The number of carbonyl (C=O) groups excluding carboxylic acids is 1. The van der Waals surface area contributed by atoms with Gasteiger partial charge in [-0.2, -0.15) is 0 Å². The number of furan rings is 1. The van der Waals surface area contributed by atoms with Crippen molar-refractivity contribution in [1.29, 1.82) is 0 Å². The van der Waals surface area contributed by atoms with Gasteiger partial charge in [0.2, 0.25) is 5.95 Å². The lowest BCUT2D eigenvalue weighted by atomic mass is 10.2.